The van der Waals surface area contributed by atoms with E-state index >= 15 is 0 Å². The lowest BCUT2D eigenvalue weighted by molar-refractivity contribution is -0.131. The number of rotatable bonds is 3. The van der Waals surface area contributed by atoms with E-state index in [-0.39, 0.29) is 0 Å². The first kappa shape index (κ1) is 15.0. The highest BCUT2D eigenvalue weighted by atomic mass is 16.4. The molecule has 2 nitrogen and oxygen atoms in total. The molecule has 0 bridgehead atoms. The normalized spacial score (nSPS) is 10.3. The number of carboxylic acid groups (broad SMARTS) is 1. The van der Waals surface area contributed by atoms with Crippen LogP contribution in [0.5, 0.6) is 0 Å². The summed E-state index contributed by atoms with van der Waals surface area (Å²) in [5.74, 6) is -0.929. The molecule has 0 atom stereocenters. The Hall–Kier alpha value is -2.35. The van der Waals surface area contributed by atoms with Crippen LogP contribution in [0.1, 0.15) is 33.4 Å². The first-order chi connectivity index (χ1) is 9.88. The minimum Gasteiger partial charge on any atom is -0.478 e. The SMILES string of the molecule is Cc1ccc(C(=CC(=O)O)c2ccc(C)c(C)c2)cc1C. The number of aryl methyl sites for hydroxylation is 4. The third-order valence-electron chi connectivity index (χ3n) is 3.90. The van der Waals surface area contributed by atoms with Crippen molar-refractivity contribution in [1.82, 2.24) is 0 Å². The topological polar surface area (TPSA) is 37.3 Å². The molecular formula is C19H20O2. The number of carbonyl (C=O) groups is 1. The standard InChI is InChI=1S/C19H20O2/c1-12-5-7-16(9-14(12)3)18(11-19(20)21)17-8-6-13(2)15(4)10-17/h5-11H,1-4H3,(H,20,21). The van der Waals surface area contributed by atoms with E-state index < -0.39 is 5.97 Å². The van der Waals surface area contributed by atoms with E-state index in [1.807, 2.05) is 50.2 Å². The summed E-state index contributed by atoms with van der Waals surface area (Å²) in [6, 6.07) is 12.1. The van der Waals surface area contributed by atoms with Crippen LogP contribution in [0.2, 0.25) is 0 Å². The average Bonchev–Trinajstić information content (AvgIpc) is 2.42. The van der Waals surface area contributed by atoms with Crippen LogP contribution in [-0.4, -0.2) is 11.1 Å². The molecule has 0 fully saturated rings. The van der Waals surface area contributed by atoms with Gasteiger partial charge in [-0.1, -0.05) is 36.4 Å². The van der Waals surface area contributed by atoms with Gasteiger partial charge in [0.1, 0.15) is 0 Å². The lowest BCUT2D eigenvalue weighted by Gasteiger charge is -2.12. The predicted molar refractivity (Wildman–Crippen MR) is 86.5 cm³/mol. The summed E-state index contributed by atoms with van der Waals surface area (Å²) in [6.45, 7) is 8.18. The van der Waals surface area contributed by atoms with Gasteiger partial charge in [0.15, 0.2) is 0 Å². The number of carboxylic acids is 1. The maximum Gasteiger partial charge on any atom is 0.328 e. The number of hydrogen-bond donors (Lipinski definition) is 1. The Morgan fingerprint density at radius 2 is 1.24 bits per heavy atom. The maximum atomic E-state index is 11.2. The Bertz CT molecular complexity index is 671. The molecule has 0 amide bonds. The molecule has 21 heavy (non-hydrogen) atoms. The molecule has 2 aromatic rings. The lowest BCUT2D eigenvalue weighted by atomic mass is 9.93. The van der Waals surface area contributed by atoms with Crippen molar-refractivity contribution in [1.29, 1.82) is 0 Å². The second kappa shape index (κ2) is 5.96. The summed E-state index contributed by atoms with van der Waals surface area (Å²) >= 11 is 0. The van der Waals surface area contributed by atoms with Gasteiger partial charge in [-0.05, 0) is 66.6 Å². The van der Waals surface area contributed by atoms with Crippen LogP contribution >= 0.6 is 0 Å². The summed E-state index contributed by atoms with van der Waals surface area (Å²) < 4.78 is 0. The summed E-state index contributed by atoms with van der Waals surface area (Å²) in [6.07, 6.45) is 1.29. The van der Waals surface area contributed by atoms with Crippen molar-refractivity contribution in [2.45, 2.75) is 27.7 Å². The molecule has 108 valence electrons. The summed E-state index contributed by atoms with van der Waals surface area (Å²) in [5, 5.41) is 9.18. The van der Waals surface area contributed by atoms with E-state index in [0.29, 0.717) is 0 Å². The van der Waals surface area contributed by atoms with Crippen LogP contribution in [0, 0.1) is 27.7 Å². The fourth-order valence-electron chi connectivity index (χ4n) is 2.27. The average molecular weight is 280 g/mol. The molecule has 0 aliphatic heterocycles. The second-order valence-electron chi connectivity index (χ2n) is 5.49. The van der Waals surface area contributed by atoms with Gasteiger partial charge in [-0.25, -0.2) is 4.79 Å². The van der Waals surface area contributed by atoms with Gasteiger partial charge in [-0.3, -0.25) is 0 Å². The Morgan fingerprint density at radius 1 is 0.810 bits per heavy atom. The summed E-state index contributed by atoms with van der Waals surface area (Å²) in [5.41, 5.74) is 7.34. The van der Waals surface area contributed by atoms with Crippen LogP contribution in [0.3, 0.4) is 0 Å². The van der Waals surface area contributed by atoms with Gasteiger partial charge < -0.3 is 5.11 Å². The number of benzene rings is 2. The molecule has 0 radical (unpaired) electrons. The molecular weight excluding hydrogens is 260 g/mol. The Kier molecular flexibility index (Phi) is 4.27. The van der Waals surface area contributed by atoms with Gasteiger partial charge in [-0.15, -0.1) is 0 Å². The van der Waals surface area contributed by atoms with Crippen LogP contribution in [0.25, 0.3) is 5.57 Å². The number of aliphatic carboxylic acids is 1. The van der Waals surface area contributed by atoms with E-state index in [1.165, 1.54) is 17.2 Å². The molecule has 1 N–H and O–H groups in total. The molecule has 0 aromatic heterocycles. The van der Waals surface area contributed by atoms with Crippen molar-refractivity contribution < 1.29 is 9.90 Å². The van der Waals surface area contributed by atoms with Crippen molar-refractivity contribution in [3.05, 3.63) is 75.9 Å². The van der Waals surface area contributed by atoms with Gasteiger partial charge >= 0.3 is 5.97 Å². The molecule has 0 heterocycles. The van der Waals surface area contributed by atoms with Gasteiger partial charge in [-0.2, -0.15) is 0 Å². The minimum absolute atomic E-state index is 0.744. The molecule has 0 aliphatic carbocycles. The highest BCUT2D eigenvalue weighted by Gasteiger charge is 2.09. The predicted octanol–water partition coefficient (Wildman–Crippen LogP) is 4.44. The fourth-order valence-corrected chi connectivity index (χ4v) is 2.27. The highest BCUT2D eigenvalue weighted by molar-refractivity contribution is 5.95. The Morgan fingerprint density at radius 3 is 1.57 bits per heavy atom. The van der Waals surface area contributed by atoms with E-state index in [2.05, 4.69) is 13.8 Å². The van der Waals surface area contributed by atoms with Gasteiger partial charge in [0.05, 0.1) is 0 Å². The number of hydrogen-bond acceptors (Lipinski definition) is 1. The lowest BCUT2D eigenvalue weighted by Crippen LogP contribution is -1.97. The van der Waals surface area contributed by atoms with Crippen molar-refractivity contribution in [3.63, 3.8) is 0 Å². The molecule has 0 aliphatic rings. The van der Waals surface area contributed by atoms with Crippen LogP contribution in [-0.2, 0) is 4.79 Å². The Labute approximate surface area is 125 Å². The monoisotopic (exact) mass is 280 g/mol. The van der Waals surface area contributed by atoms with E-state index in [4.69, 9.17) is 0 Å². The van der Waals surface area contributed by atoms with Crippen molar-refractivity contribution in [2.75, 3.05) is 0 Å². The summed E-state index contributed by atoms with van der Waals surface area (Å²) in [4.78, 5) is 11.2. The zero-order valence-corrected chi connectivity index (χ0v) is 12.9. The van der Waals surface area contributed by atoms with Crippen LogP contribution < -0.4 is 0 Å². The quantitative estimate of drug-likeness (QED) is 0.844. The van der Waals surface area contributed by atoms with Gasteiger partial charge in [0, 0.05) is 6.08 Å². The van der Waals surface area contributed by atoms with E-state index in [1.54, 1.807) is 0 Å². The zero-order chi connectivity index (χ0) is 15.6. The fraction of sp³-hybridized carbons (Fsp3) is 0.211. The summed E-state index contributed by atoms with van der Waals surface area (Å²) in [7, 11) is 0. The first-order valence-electron chi connectivity index (χ1n) is 6.98. The smallest absolute Gasteiger partial charge is 0.328 e. The first-order valence-corrected chi connectivity index (χ1v) is 6.98. The largest absolute Gasteiger partial charge is 0.478 e. The third kappa shape index (κ3) is 3.40. The molecule has 2 rings (SSSR count). The third-order valence-corrected chi connectivity index (χ3v) is 3.90. The van der Waals surface area contributed by atoms with Crippen molar-refractivity contribution in [2.24, 2.45) is 0 Å². The van der Waals surface area contributed by atoms with Crippen molar-refractivity contribution >= 4 is 11.5 Å². The van der Waals surface area contributed by atoms with Crippen LogP contribution in [0.4, 0.5) is 0 Å². The van der Waals surface area contributed by atoms with Crippen LogP contribution in [0.15, 0.2) is 42.5 Å². The second-order valence-corrected chi connectivity index (χ2v) is 5.49. The van der Waals surface area contributed by atoms with Gasteiger partial charge in [0.2, 0.25) is 0 Å². The van der Waals surface area contributed by atoms with Crippen molar-refractivity contribution in [3.8, 4) is 0 Å². The molecule has 0 unspecified atom stereocenters. The minimum atomic E-state index is -0.929. The van der Waals surface area contributed by atoms with Gasteiger partial charge in [0.25, 0.3) is 0 Å². The molecule has 0 saturated heterocycles. The molecule has 0 spiro atoms. The Balaban J connectivity index is 2.60. The molecule has 2 aromatic carbocycles. The highest BCUT2D eigenvalue weighted by Crippen LogP contribution is 2.26. The van der Waals surface area contributed by atoms with E-state index in [9.17, 15) is 9.90 Å². The molecule has 0 saturated carbocycles. The molecule has 2 heteroatoms. The maximum absolute atomic E-state index is 11.2. The zero-order valence-electron chi connectivity index (χ0n) is 12.9. The van der Waals surface area contributed by atoms with E-state index in [0.717, 1.165) is 27.8 Å².